The third-order valence-corrected chi connectivity index (χ3v) is 2.83. The van der Waals surface area contributed by atoms with Crippen LogP contribution in [-0.2, 0) is 19.2 Å². The highest BCUT2D eigenvalue weighted by molar-refractivity contribution is 6.12. The number of carbonyl (C=O) groups is 4. The fourth-order valence-corrected chi connectivity index (χ4v) is 1.81. The molecule has 6 heteroatoms. The second-order valence-electron chi connectivity index (χ2n) is 4.40. The smallest absolute Gasteiger partial charge is 0.303 e. The van der Waals surface area contributed by atoms with Gasteiger partial charge in [-0.25, -0.2) is 0 Å². The minimum Gasteiger partial charge on any atom is -0.481 e. The molecule has 0 radical (unpaired) electrons. The summed E-state index contributed by atoms with van der Waals surface area (Å²) in [6, 6.07) is 0. The Bertz CT molecular complexity index is 395. The average molecular weight is 267 g/mol. The van der Waals surface area contributed by atoms with Crippen molar-refractivity contribution in [2.45, 2.75) is 38.5 Å². The maximum Gasteiger partial charge on any atom is 0.303 e. The summed E-state index contributed by atoms with van der Waals surface area (Å²) in [5, 5.41) is 8.43. The molecular weight excluding hydrogens is 250 g/mol. The Morgan fingerprint density at radius 3 is 2.05 bits per heavy atom. The Morgan fingerprint density at radius 2 is 1.47 bits per heavy atom. The number of hydrogen-bond acceptors (Lipinski definition) is 4. The molecule has 0 fully saturated rings. The molecule has 0 saturated carbocycles. The van der Waals surface area contributed by atoms with E-state index in [0.717, 1.165) is 4.90 Å². The lowest BCUT2D eigenvalue weighted by Gasteiger charge is -2.12. The summed E-state index contributed by atoms with van der Waals surface area (Å²) >= 11 is 0. The third kappa shape index (κ3) is 5.46. The minimum atomic E-state index is -0.856. The van der Waals surface area contributed by atoms with Gasteiger partial charge in [-0.1, -0.05) is 0 Å². The SMILES string of the molecule is O=C(O)CCCCC(=O)CCCN1C(=O)C=CC1=O. The standard InChI is InChI=1S/C13H17NO5/c15-10(4-1-2-6-13(18)19)5-3-9-14-11(16)7-8-12(14)17/h7-8H,1-6,9H2,(H,18,19). The van der Waals surface area contributed by atoms with Gasteiger partial charge in [0.25, 0.3) is 11.8 Å². The van der Waals surface area contributed by atoms with E-state index in [1.165, 1.54) is 12.2 Å². The van der Waals surface area contributed by atoms with Gasteiger partial charge in [-0.3, -0.25) is 24.1 Å². The topological polar surface area (TPSA) is 91.8 Å². The highest BCUT2D eigenvalue weighted by Crippen LogP contribution is 2.08. The molecule has 6 nitrogen and oxygen atoms in total. The number of ketones is 1. The summed E-state index contributed by atoms with van der Waals surface area (Å²) in [4.78, 5) is 45.3. The van der Waals surface area contributed by atoms with Crippen LogP contribution in [0.3, 0.4) is 0 Å². The molecule has 1 rings (SSSR count). The minimum absolute atomic E-state index is 0.0393. The number of unbranched alkanes of at least 4 members (excludes halogenated alkanes) is 1. The fourth-order valence-electron chi connectivity index (χ4n) is 1.81. The Labute approximate surface area is 111 Å². The van der Waals surface area contributed by atoms with E-state index >= 15 is 0 Å². The molecule has 0 unspecified atom stereocenters. The zero-order chi connectivity index (χ0) is 14.3. The van der Waals surface area contributed by atoms with Crippen molar-refractivity contribution >= 4 is 23.6 Å². The van der Waals surface area contributed by atoms with E-state index in [2.05, 4.69) is 0 Å². The van der Waals surface area contributed by atoms with Gasteiger partial charge in [0.1, 0.15) is 5.78 Å². The van der Waals surface area contributed by atoms with Crippen molar-refractivity contribution in [3.8, 4) is 0 Å². The number of nitrogens with zero attached hydrogens (tertiary/aromatic N) is 1. The van der Waals surface area contributed by atoms with Gasteiger partial charge >= 0.3 is 5.97 Å². The highest BCUT2D eigenvalue weighted by Gasteiger charge is 2.22. The zero-order valence-corrected chi connectivity index (χ0v) is 10.6. The van der Waals surface area contributed by atoms with Gasteiger partial charge < -0.3 is 5.11 Å². The molecule has 0 aromatic heterocycles. The van der Waals surface area contributed by atoms with Crippen LogP contribution in [0.1, 0.15) is 38.5 Å². The van der Waals surface area contributed by atoms with E-state index in [4.69, 9.17) is 5.11 Å². The van der Waals surface area contributed by atoms with Gasteiger partial charge in [0.15, 0.2) is 0 Å². The van der Waals surface area contributed by atoms with Crippen molar-refractivity contribution in [3.05, 3.63) is 12.2 Å². The van der Waals surface area contributed by atoms with Crippen molar-refractivity contribution < 1.29 is 24.3 Å². The first-order valence-electron chi connectivity index (χ1n) is 6.27. The second kappa shape index (κ2) is 7.45. The quantitative estimate of drug-likeness (QED) is 0.495. The number of aliphatic carboxylic acids is 1. The van der Waals surface area contributed by atoms with Crippen molar-refractivity contribution in [1.82, 2.24) is 4.90 Å². The number of hydrogen-bond donors (Lipinski definition) is 1. The molecule has 0 bridgehead atoms. The van der Waals surface area contributed by atoms with Gasteiger partial charge in [-0.2, -0.15) is 0 Å². The first-order valence-corrected chi connectivity index (χ1v) is 6.27. The Morgan fingerprint density at radius 1 is 0.947 bits per heavy atom. The van der Waals surface area contributed by atoms with Crippen LogP contribution < -0.4 is 0 Å². The van der Waals surface area contributed by atoms with Gasteiger partial charge in [0.2, 0.25) is 0 Å². The number of imide groups is 1. The predicted molar refractivity (Wildman–Crippen MR) is 66.2 cm³/mol. The normalized spacial score (nSPS) is 14.2. The Balaban J connectivity index is 2.09. The lowest BCUT2D eigenvalue weighted by Crippen LogP contribution is -2.31. The van der Waals surface area contributed by atoms with Crippen LogP contribution in [0.4, 0.5) is 0 Å². The highest BCUT2D eigenvalue weighted by atomic mass is 16.4. The summed E-state index contributed by atoms with van der Waals surface area (Å²) in [6.07, 6.45) is 4.69. The Kier molecular flexibility index (Phi) is 5.92. The van der Waals surface area contributed by atoms with Crippen LogP contribution in [0.15, 0.2) is 12.2 Å². The van der Waals surface area contributed by atoms with E-state index in [-0.39, 0.29) is 30.6 Å². The molecule has 1 aliphatic heterocycles. The summed E-state index contributed by atoms with van der Waals surface area (Å²) in [7, 11) is 0. The van der Waals surface area contributed by atoms with Gasteiger partial charge in [-0.15, -0.1) is 0 Å². The van der Waals surface area contributed by atoms with Crippen LogP contribution in [0.25, 0.3) is 0 Å². The number of rotatable bonds is 9. The van der Waals surface area contributed by atoms with Crippen LogP contribution in [0.5, 0.6) is 0 Å². The van der Waals surface area contributed by atoms with E-state index in [0.29, 0.717) is 32.1 Å². The van der Waals surface area contributed by atoms with Crippen LogP contribution in [-0.4, -0.2) is 40.1 Å². The summed E-state index contributed by atoms with van der Waals surface area (Å²) < 4.78 is 0. The monoisotopic (exact) mass is 267 g/mol. The van der Waals surface area contributed by atoms with E-state index < -0.39 is 5.97 Å². The summed E-state index contributed by atoms with van der Waals surface area (Å²) in [5.41, 5.74) is 0. The lowest BCUT2D eigenvalue weighted by molar-refractivity contribution is -0.138. The first kappa shape index (κ1) is 15.1. The fraction of sp³-hybridized carbons (Fsp3) is 0.538. The van der Waals surface area contributed by atoms with Gasteiger partial charge in [-0.05, 0) is 19.3 Å². The van der Waals surface area contributed by atoms with Crippen molar-refractivity contribution in [2.75, 3.05) is 6.54 Å². The molecule has 1 aliphatic rings. The largest absolute Gasteiger partial charge is 0.481 e. The van der Waals surface area contributed by atoms with Crippen LogP contribution >= 0.6 is 0 Å². The summed E-state index contributed by atoms with van der Waals surface area (Å²) in [6.45, 7) is 0.255. The molecule has 0 saturated heterocycles. The molecule has 0 atom stereocenters. The van der Waals surface area contributed by atoms with Gasteiger partial charge in [0.05, 0.1) is 0 Å². The first-order chi connectivity index (χ1) is 9.00. The molecule has 2 amide bonds. The number of amides is 2. The van der Waals surface area contributed by atoms with Crippen LogP contribution in [0.2, 0.25) is 0 Å². The molecule has 1 heterocycles. The maximum absolute atomic E-state index is 11.5. The van der Waals surface area contributed by atoms with Crippen molar-refractivity contribution in [3.63, 3.8) is 0 Å². The number of Topliss-reactive ketones (excluding diaryl/α,β-unsaturated/α-hetero) is 1. The average Bonchev–Trinajstić information content (AvgIpc) is 2.66. The van der Waals surface area contributed by atoms with E-state index in [1.807, 2.05) is 0 Å². The molecule has 0 aliphatic carbocycles. The van der Waals surface area contributed by atoms with E-state index in [1.54, 1.807) is 0 Å². The van der Waals surface area contributed by atoms with Crippen molar-refractivity contribution in [1.29, 1.82) is 0 Å². The molecule has 1 N–H and O–H groups in total. The van der Waals surface area contributed by atoms with Crippen molar-refractivity contribution in [2.24, 2.45) is 0 Å². The molecule has 0 spiro atoms. The number of carboxylic acid groups (broad SMARTS) is 1. The molecule has 19 heavy (non-hydrogen) atoms. The zero-order valence-electron chi connectivity index (χ0n) is 10.6. The molecule has 0 aromatic rings. The number of carbonyl (C=O) groups excluding carboxylic acids is 3. The lowest BCUT2D eigenvalue weighted by atomic mass is 10.1. The molecule has 0 aromatic carbocycles. The maximum atomic E-state index is 11.5. The molecular formula is C13H17NO5. The number of carboxylic acids is 1. The Hall–Kier alpha value is -1.98. The van der Waals surface area contributed by atoms with Crippen LogP contribution in [0, 0.1) is 0 Å². The van der Waals surface area contributed by atoms with Gasteiger partial charge in [0, 0.05) is 38.0 Å². The van der Waals surface area contributed by atoms with E-state index in [9.17, 15) is 19.2 Å². The third-order valence-electron chi connectivity index (χ3n) is 2.83. The second-order valence-corrected chi connectivity index (χ2v) is 4.40. The predicted octanol–water partition coefficient (Wildman–Crippen LogP) is 0.906. The molecule has 104 valence electrons. The summed E-state index contributed by atoms with van der Waals surface area (Å²) in [5.74, 6) is -1.48.